The van der Waals surface area contributed by atoms with Crippen LogP contribution in [0.2, 0.25) is 0 Å². The molecule has 0 aliphatic rings. The molecule has 112 valence electrons. The second-order valence-corrected chi connectivity index (χ2v) is 5.84. The van der Waals surface area contributed by atoms with Crippen LogP contribution in [0.5, 0.6) is 0 Å². The average molecular weight is 285 g/mol. The minimum atomic E-state index is -4.26. The Morgan fingerprint density at radius 3 is 2.10 bits per heavy atom. The summed E-state index contributed by atoms with van der Waals surface area (Å²) in [4.78, 5) is 0. The smallest absolute Gasteiger partial charge is 0.312 e. The van der Waals surface area contributed by atoms with Crippen molar-refractivity contribution in [2.45, 2.75) is 45.3 Å². The molecule has 0 aliphatic carbocycles. The fraction of sp³-hybridized carbons (Fsp3) is 0.500. The van der Waals surface area contributed by atoms with Crippen LogP contribution in [0.1, 0.15) is 38.3 Å². The van der Waals surface area contributed by atoms with Crippen molar-refractivity contribution in [1.82, 2.24) is 5.32 Å². The van der Waals surface area contributed by atoms with Gasteiger partial charge in [-0.05, 0) is 57.9 Å². The molecule has 0 amide bonds. The highest BCUT2D eigenvalue weighted by Crippen LogP contribution is 2.29. The van der Waals surface area contributed by atoms with E-state index >= 15 is 0 Å². The molecule has 1 nitrogen and oxygen atoms in total. The molecule has 1 rings (SSSR count). The van der Waals surface area contributed by atoms with Gasteiger partial charge in [0.2, 0.25) is 0 Å². The summed E-state index contributed by atoms with van der Waals surface area (Å²) in [6, 6.07) is 5.32. The van der Waals surface area contributed by atoms with E-state index in [0.29, 0.717) is 6.42 Å². The van der Waals surface area contributed by atoms with Gasteiger partial charge in [-0.1, -0.05) is 24.3 Å². The van der Waals surface area contributed by atoms with E-state index in [9.17, 15) is 13.2 Å². The normalized spacial score (nSPS) is 13.1. The quantitative estimate of drug-likeness (QED) is 0.616. The first kappa shape index (κ1) is 16.8. The summed E-state index contributed by atoms with van der Waals surface area (Å²) in [5.74, 6) is 0. The van der Waals surface area contributed by atoms with Gasteiger partial charge in [0.1, 0.15) is 0 Å². The van der Waals surface area contributed by atoms with E-state index in [4.69, 9.17) is 0 Å². The Labute approximate surface area is 118 Å². The Hall–Kier alpha value is -1.29. The summed E-state index contributed by atoms with van der Waals surface area (Å²) in [7, 11) is 0. The Bertz CT molecular complexity index is 425. The van der Waals surface area contributed by atoms with Crippen molar-refractivity contribution in [3.8, 4) is 0 Å². The van der Waals surface area contributed by atoms with E-state index < -0.39 is 11.7 Å². The molecule has 0 radical (unpaired) electrons. The lowest BCUT2D eigenvalue weighted by Crippen LogP contribution is -2.36. The molecule has 0 aliphatic heterocycles. The fourth-order valence-corrected chi connectivity index (χ4v) is 1.70. The number of halogens is 3. The number of rotatable bonds is 5. The van der Waals surface area contributed by atoms with Crippen molar-refractivity contribution in [3.05, 3.63) is 47.5 Å². The van der Waals surface area contributed by atoms with Gasteiger partial charge in [-0.2, -0.15) is 13.2 Å². The zero-order chi connectivity index (χ0) is 15.2. The van der Waals surface area contributed by atoms with Gasteiger partial charge in [-0.25, -0.2) is 0 Å². The first-order chi connectivity index (χ1) is 9.18. The lowest BCUT2D eigenvalue weighted by Gasteiger charge is -2.19. The number of allylic oxidation sites excluding steroid dienone is 1. The second kappa shape index (κ2) is 6.93. The molecule has 0 aromatic heterocycles. The number of hydrogen-bond donors (Lipinski definition) is 1. The Morgan fingerprint density at radius 2 is 1.60 bits per heavy atom. The number of alkyl halides is 3. The number of hydrogen-bond acceptors (Lipinski definition) is 1. The van der Waals surface area contributed by atoms with Crippen molar-refractivity contribution in [3.63, 3.8) is 0 Å². The summed E-state index contributed by atoms with van der Waals surface area (Å²) in [5, 5.41) is 3.37. The van der Waals surface area contributed by atoms with E-state index in [1.165, 1.54) is 12.1 Å². The van der Waals surface area contributed by atoms with Crippen LogP contribution in [0.4, 0.5) is 13.2 Å². The second-order valence-electron chi connectivity index (χ2n) is 5.84. The van der Waals surface area contributed by atoms with Crippen LogP contribution >= 0.6 is 0 Å². The predicted molar refractivity (Wildman–Crippen MR) is 76.7 cm³/mol. The first-order valence-electron chi connectivity index (χ1n) is 6.75. The standard InChI is InChI=1S/C16H22F3N/c1-15(2,3)20-12-6-4-5-7-13-8-10-14(11-9-13)16(17,18)19/h4-5,8-11,20H,6-7,12H2,1-3H3. The van der Waals surface area contributed by atoms with Gasteiger partial charge in [0, 0.05) is 5.54 Å². The molecule has 1 N–H and O–H groups in total. The van der Waals surface area contributed by atoms with Crippen molar-refractivity contribution in [2.24, 2.45) is 0 Å². The summed E-state index contributed by atoms with van der Waals surface area (Å²) in [5.41, 5.74) is 0.402. The van der Waals surface area contributed by atoms with Crippen LogP contribution < -0.4 is 5.32 Å². The van der Waals surface area contributed by atoms with E-state index in [-0.39, 0.29) is 5.54 Å². The van der Waals surface area contributed by atoms with E-state index in [1.807, 2.05) is 6.08 Å². The third kappa shape index (κ3) is 6.75. The van der Waals surface area contributed by atoms with Gasteiger partial charge >= 0.3 is 6.18 Å². The monoisotopic (exact) mass is 285 g/mol. The number of nitrogens with one attached hydrogen (secondary N) is 1. The SMILES string of the molecule is CC(C)(C)NCCC=CCc1ccc(C(F)(F)F)cc1. The summed E-state index contributed by atoms with van der Waals surface area (Å²) in [6.45, 7) is 7.23. The van der Waals surface area contributed by atoms with Gasteiger partial charge in [-0.3, -0.25) is 0 Å². The maximum atomic E-state index is 12.4. The Morgan fingerprint density at radius 1 is 1.00 bits per heavy atom. The molecule has 0 spiro atoms. The van der Waals surface area contributed by atoms with Gasteiger partial charge < -0.3 is 5.32 Å². The lowest BCUT2D eigenvalue weighted by atomic mass is 10.1. The van der Waals surface area contributed by atoms with Crippen LogP contribution in [0.3, 0.4) is 0 Å². The summed E-state index contributed by atoms with van der Waals surface area (Å²) < 4.78 is 37.2. The topological polar surface area (TPSA) is 12.0 Å². The van der Waals surface area contributed by atoms with E-state index in [0.717, 1.165) is 30.7 Å². The van der Waals surface area contributed by atoms with Crippen LogP contribution in [-0.4, -0.2) is 12.1 Å². The van der Waals surface area contributed by atoms with Gasteiger partial charge in [0.15, 0.2) is 0 Å². The largest absolute Gasteiger partial charge is 0.416 e. The van der Waals surface area contributed by atoms with E-state index in [2.05, 4.69) is 32.2 Å². The minimum absolute atomic E-state index is 0.112. The summed E-state index contributed by atoms with van der Waals surface area (Å²) >= 11 is 0. The zero-order valence-electron chi connectivity index (χ0n) is 12.2. The Kier molecular flexibility index (Phi) is 5.81. The average Bonchev–Trinajstić information content (AvgIpc) is 2.32. The van der Waals surface area contributed by atoms with E-state index in [1.54, 1.807) is 0 Å². The van der Waals surface area contributed by atoms with Crippen LogP contribution in [0.25, 0.3) is 0 Å². The molecular formula is C16H22F3N. The molecule has 0 saturated heterocycles. The highest BCUT2D eigenvalue weighted by Gasteiger charge is 2.29. The molecule has 0 saturated carbocycles. The highest BCUT2D eigenvalue weighted by molar-refractivity contribution is 5.25. The molecule has 0 heterocycles. The van der Waals surface area contributed by atoms with Gasteiger partial charge in [-0.15, -0.1) is 0 Å². The summed E-state index contributed by atoms with van der Waals surface area (Å²) in [6.07, 6.45) is 1.36. The molecule has 0 atom stereocenters. The number of benzene rings is 1. The molecule has 4 heteroatoms. The van der Waals surface area contributed by atoms with Crippen LogP contribution in [0.15, 0.2) is 36.4 Å². The van der Waals surface area contributed by atoms with Crippen molar-refractivity contribution < 1.29 is 13.2 Å². The molecule has 0 unspecified atom stereocenters. The maximum absolute atomic E-state index is 12.4. The first-order valence-corrected chi connectivity index (χ1v) is 6.75. The molecular weight excluding hydrogens is 263 g/mol. The lowest BCUT2D eigenvalue weighted by molar-refractivity contribution is -0.137. The highest BCUT2D eigenvalue weighted by atomic mass is 19.4. The van der Waals surface area contributed by atoms with Crippen molar-refractivity contribution in [2.75, 3.05) is 6.54 Å². The molecule has 1 aromatic carbocycles. The zero-order valence-corrected chi connectivity index (χ0v) is 12.2. The molecule has 1 aromatic rings. The third-order valence-corrected chi connectivity index (χ3v) is 2.77. The fourth-order valence-electron chi connectivity index (χ4n) is 1.70. The molecule has 20 heavy (non-hydrogen) atoms. The third-order valence-electron chi connectivity index (χ3n) is 2.77. The van der Waals surface area contributed by atoms with Crippen LogP contribution in [0, 0.1) is 0 Å². The Balaban J connectivity index is 2.35. The van der Waals surface area contributed by atoms with Crippen molar-refractivity contribution in [1.29, 1.82) is 0 Å². The predicted octanol–water partition coefficient (Wildman–Crippen LogP) is 4.58. The maximum Gasteiger partial charge on any atom is 0.416 e. The van der Waals surface area contributed by atoms with Crippen LogP contribution in [-0.2, 0) is 12.6 Å². The molecule has 0 bridgehead atoms. The van der Waals surface area contributed by atoms with Crippen molar-refractivity contribution >= 4 is 0 Å². The minimum Gasteiger partial charge on any atom is -0.312 e. The molecule has 0 fully saturated rings. The van der Waals surface area contributed by atoms with Gasteiger partial charge in [0.25, 0.3) is 0 Å². The van der Waals surface area contributed by atoms with Gasteiger partial charge in [0.05, 0.1) is 5.56 Å².